The molecule has 8 heteroatoms. The molecule has 0 saturated heterocycles. The Morgan fingerprint density at radius 2 is 0.971 bits per heavy atom. The summed E-state index contributed by atoms with van der Waals surface area (Å²) in [6, 6.07) is 24.1. The number of nitrogens with zero attached hydrogens (tertiary/aromatic N) is 6. The summed E-state index contributed by atoms with van der Waals surface area (Å²) in [6.45, 7) is 0. The standard InChI is InChI=1S/C26H28N8/c1-33(2)21-13-9-19(10-14-21)17-27-29-25-23-7-5-6-8-24(23)26(32-31-25)30-28-18-20-11-15-22(16-12-20)34(3)4/h5-18H,1-4H3,(H,29,31)(H,30,32). The minimum Gasteiger partial charge on any atom is -0.378 e. The first kappa shape index (κ1) is 22.7. The predicted molar refractivity (Wildman–Crippen MR) is 144 cm³/mol. The summed E-state index contributed by atoms with van der Waals surface area (Å²) in [7, 11) is 8.06. The third-order valence-corrected chi connectivity index (χ3v) is 5.27. The quantitative estimate of drug-likeness (QED) is 0.299. The second kappa shape index (κ2) is 10.4. The zero-order chi connectivity index (χ0) is 23.9. The van der Waals surface area contributed by atoms with E-state index < -0.39 is 0 Å². The van der Waals surface area contributed by atoms with Gasteiger partial charge < -0.3 is 9.80 Å². The van der Waals surface area contributed by atoms with Crippen LogP contribution in [0.15, 0.2) is 83.0 Å². The van der Waals surface area contributed by atoms with Crippen LogP contribution in [0.4, 0.5) is 23.0 Å². The number of rotatable bonds is 8. The fourth-order valence-corrected chi connectivity index (χ4v) is 3.32. The van der Waals surface area contributed by atoms with Gasteiger partial charge in [0.05, 0.1) is 12.4 Å². The van der Waals surface area contributed by atoms with Crippen LogP contribution in [-0.2, 0) is 0 Å². The molecule has 1 heterocycles. The van der Waals surface area contributed by atoms with Gasteiger partial charge in [-0.2, -0.15) is 10.2 Å². The summed E-state index contributed by atoms with van der Waals surface area (Å²) >= 11 is 0. The van der Waals surface area contributed by atoms with Crippen LogP contribution in [0.3, 0.4) is 0 Å². The van der Waals surface area contributed by atoms with Crippen LogP contribution in [0.1, 0.15) is 11.1 Å². The lowest BCUT2D eigenvalue weighted by Crippen LogP contribution is -2.08. The molecule has 0 fully saturated rings. The Bertz CT molecular complexity index is 1190. The summed E-state index contributed by atoms with van der Waals surface area (Å²) < 4.78 is 0. The van der Waals surface area contributed by atoms with Crippen molar-refractivity contribution >= 4 is 46.2 Å². The monoisotopic (exact) mass is 452 g/mol. The third kappa shape index (κ3) is 5.47. The molecular weight excluding hydrogens is 424 g/mol. The molecule has 2 N–H and O–H groups in total. The Morgan fingerprint density at radius 3 is 1.32 bits per heavy atom. The summed E-state index contributed by atoms with van der Waals surface area (Å²) in [5.41, 5.74) is 10.3. The van der Waals surface area contributed by atoms with Crippen LogP contribution < -0.4 is 20.7 Å². The number of anilines is 4. The molecule has 0 bridgehead atoms. The second-order valence-corrected chi connectivity index (χ2v) is 8.15. The Balaban J connectivity index is 1.47. The molecule has 0 aliphatic heterocycles. The molecule has 4 aromatic rings. The van der Waals surface area contributed by atoms with Crippen molar-refractivity contribution in [2.24, 2.45) is 10.2 Å². The second-order valence-electron chi connectivity index (χ2n) is 8.15. The minimum atomic E-state index is 0.575. The van der Waals surface area contributed by atoms with E-state index in [4.69, 9.17) is 0 Å². The molecule has 0 unspecified atom stereocenters. The maximum absolute atomic E-state index is 4.34. The van der Waals surface area contributed by atoms with E-state index in [2.05, 4.69) is 41.1 Å². The van der Waals surface area contributed by atoms with Gasteiger partial charge in [0.2, 0.25) is 0 Å². The van der Waals surface area contributed by atoms with Crippen LogP contribution in [0.5, 0.6) is 0 Å². The highest BCUT2D eigenvalue weighted by Gasteiger charge is 2.08. The van der Waals surface area contributed by atoms with Gasteiger partial charge in [-0.3, -0.25) is 10.9 Å². The Morgan fingerprint density at radius 1 is 0.588 bits per heavy atom. The molecule has 0 atom stereocenters. The molecule has 0 spiro atoms. The van der Waals surface area contributed by atoms with Crippen molar-refractivity contribution in [1.82, 2.24) is 10.2 Å². The molecule has 1 aromatic heterocycles. The predicted octanol–water partition coefficient (Wildman–Crippen LogP) is 4.65. The molecule has 0 aliphatic rings. The van der Waals surface area contributed by atoms with E-state index in [0.717, 1.165) is 33.3 Å². The van der Waals surface area contributed by atoms with Crippen LogP contribution in [0.2, 0.25) is 0 Å². The molecule has 0 radical (unpaired) electrons. The average Bonchev–Trinajstić information content (AvgIpc) is 2.85. The van der Waals surface area contributed by atoms with Crippen LogP contribution in [0, 0.1) is 0 Å². The highest BCUT2D eigenvalue weighted by molar-refractivity contribution is 5.98. The third-order valence-electron chi connectivity index (χ3n) is 5.27. The zero-order valence-electron chi connectivity index (χ0n) is 19.8. The molecule has 0 aliphatic carbocycles. The molecule has 3 aromatic carbocycles. The van der Waals surface area contributed by atoms with E-state index in [1.807, 2.05) is 101 Å². The molecule has 0 saturated carbocycles. The number of fused-ring (bicyclic) bond motifs is 1. The molecule has 34 heavy (non-hydrogen) atoms. The zero-order valence-corrected chi connectivity index (χ0v) is 19.8. The van der Waals surface area contributed by atoms with E-state index >= 15 is 0 Å². The van der Waals surface area contributed by atoms with Crippen molar-refractivity contribution in [3.8, 4) is 0 Å². The van der Waals surface area contributed by atoms with Gasteiger partial charge in [0.15, 0.2) is 11.6 Å². The summed E-state index contributed by atoms with van der Waals surface area (Å²) in [5, 5.41) is 19.1. The first-order valence-electron chi connectivity index (χ1n) is 10.9. The van der Waals surface area contributed by atoms with Gasteiger partial charge in [-0.1, -0.05) is 48.5 Å². The van der Waals surface area contributed by atoms with E-state index in [0.29, 0.717) is 11.6 Å². The maximum Gasteiger partial charge on any atom is 0.176 e. The largest absolute Gasteiger partial charge is 0.378 e. The number of aromatic nitrogens is 2. The molecule has 172 valence electrons. The number of hydrazone groups is 2. The van der Waals surface area contributed by atoms with Crippen molar-refractivity contribution in [1.29, 1.82) is 0 Å². The lowest BCUT2D eigenvalue weighted by Gasteiger charge is -2.11. The Hall–Kier alpha value is -4.46. The van der Waals surface area contributed by atoms with Crippen molar-refractivity contribution in [3.05, 3.63) is 83.9 Å². The summed E-state index contributed by atoms with van der Waals surface area (Å²) in [6.07, 6.45) is 3.52. The van der Waals surface area contributed by atoms with Gasteiger partial charge >= 0.3 is 0 Å². The fraction of sp³-hybridized carbons (Fsp3) is 0.154. The first-order valence-corrected chi connectivity index (χ1v) is 10.9. The van der Waals surface area contributed by atoms with Crippen molar-refractivity contribution in [2.75, 3.05) is 48.8 Å². The summed E-state index contributed by atoms with van der Waals surface area (Å²) in [5.74, 6) is 1.15. The fourth-order valence-electron chi connectivity index (χ4n) is 3.32. The van der Waals surface area contributed by atoms with Gasteiger partial charge in [0, 0.05) is 50.3 Å². The molecule has 0 amide bonds. The molecular formula is C26H28N8. The lowest BCUT2D eigenvalue weighted by atomic mass is 10.2. The number of benzene rings is 3. The van der Waals surface area contributed by atoms with Gasteiger partial charge in [-0.05, 0) is 35.4 Å². The minimum absolute atomic E-state index is 0.575. The van der Waals surface area contributed by atoms with E-state index in [1.54, 1.807) is 12.4 Å². The molecule has 8 nitrogen and oxygen atoms in total. The molecule has 4 rings (SSSR count). The topological polar surface area (TPSA) is 81.0 Å². The number of hydrogen-bond donors (Lipinski definition) is 2. The van der Waals surface area contributed by atoms with Crippen molar-refractivity contribution in [2.45, 2.75) is 0 Å². The van der Waals surface area contributed by atoms with E-state index in [1.165, 1.54) is 0 Å². The van der Waals surface area contributed by atoms with Gasteiger partial charge in [0.25, 0.3) is 0 Å². The normalized spacial score (nSPS) is 11.3. The first-order chi connectivity index (χ1) is 16.5. The van der Waals surface area contributed by atoms with Crippen LogP contribution in [0.25, 0.3) is 10.8 Å². The van der Waals surface area contributed by atoms with E-state index in [9.17, 15) is 0 Å². The van der Waals surface area contributed by atoms with Gasteiger partial charge in [0.1, 0.15) is 0 Å². The number of hydrogen-bond acceptors (Lipinski definition) is 8. The highest BCUT2D eigenvalue weighted by Crippen LogP contribution is 2.26. The van der Waals surface area contributed by atoms with Crippen molar-refractivity contribution in [3.63, 3.8) is 0 Å². The number of nitrogens with one attached hydrogen (secondary N) is 2. The lowest BCUT2D eigenvalue weighted by molar-refractivity contribution is 1.03. The average molecular weight is 453 g/mol. The van der Waals surface area contributed by atoms with Crippen LogP contribution >= 0.6 is 0 Å². The Labute approximate surface area is 199 Å². The van der Waals surface area contributed by atoms with Crippen molar-refractivity contribution < 1.29 is 0 Å². The van der Waals surface area contributed by atoms with Gasteiger partial charge in [-0.15, -0.1) is 10.2 Å². The van der Waals surface area contributed by atoms with E-state index in [-0.39, 0.29) is 0 Å². The van der Waals surface area contributed by atoms with Crippen LogP contribution in [-0.4, -0.2) is 50.8 Å². The smallest absolute Gasteiger partial charge is 0.176 e. The summed E-state index contributed by atoms with van der Waals surface area (Å²) in [4.78, 5) is 4.11. The SMILES string of the molecule is CN(C)c1ccc(C=NNc2nnc(NN=Cc3ccc(N(C)C)cc3)c3ccccc23)cc1. The Kier molecular flexibility index (Phi) is 6.98. The maximum atomic E-state index is 4.34. The van der Waals surface area contributed by atoms with Gasteiger partial charge in [-0.25, -0.2) is 0 Å². The highest BCUT2D eigenvalue weighted by atomic mass is 15.4.